The molecule has 0 atom stereocenters. The Bertz CT molecular complexity index is 1080. The van der Waals surface area contributed by atoms with Crippen LogP contribution in [0.4, 0.5) is 10.1 Å². The number of benzene rings is 2. The minimum Gasteiger partial charge on any atom is -0.324 e. The number of hydrogen-bond acceptors (Lipinski definition) is 3. The summed E-state index contributed by atoms with van der Waals surface area (Å²) in [5, 5.41) is 2.85. The fraction of sp³-hybridized carbons (Fsp3) is 0.0800. The van der Waals surface area contributed by atoms with Crippen LogP contribution in [0, 0.1) is 12.7 Å². The number of aromatic nitrogens is 2. The highest BCUT2D eigenvalue weighted by molar-refractivity contribution is 5.92. The van der Waals surface area contributed by atoms with Gasteiger partial charge in [-0.05, 0) is 60.0 Å². The topological polar surface area (TPSA) is 54.9 Å². The van der Waals surface area contributed by atoms with Crippen molar-refractivity contribution in [3.8, 4) is 22.4 Å². The molecule has 0 radical (unpaired) electrons. The molecule has 0 saturated carbocycles. The van der Waals surface area contributed by atoms with E-state index in [4.69, 9.17) is 0 Å². The van der Waals surface area contributed by atoms with Gasteiger partial charge in [0.25, 0.3) is 0 Å². The molecule has 4 nitrogen and oxygen atoms in total. The Morgan fingerprint density at radius 2 is 1.73 bits per heavy atom. The van der Waals surface area contributed by atoms with Crippen LogP contribution in [0.2, 0.25) is 0 Å². The minimum absolute atomic E-state index is 0.122. The van der Waals surface area contributed by atoms with Gasteiger partial charge in [-0.15, -0.1) is 0 Å². The van der Waals surface area contributed by atoms with Gasteiger partial charge in [0.1, 0.15) is 5.82 Å². The Kier molecular flexibility index (Phi) is 5.61. The number of amides is 1. The first kappa shape index (κ1) is 19.5. The molecule has 1 N–H and O–H groups in total. The summed E-state index contributed by atoms with van der Waals surface area (Å²) in [6.45, 7) is 1.96. The van der Waals surface area contributed by atoms with E-state index in [1.54, 1.807) is 36.7 Å². The molecular weight excluding hydrogens is 377 g/mol. The van der Waals surface area contributed by atoms with Crippen molar-refractivity contribution in [2.45, 2.75) is 13.3 Å². The number of carbonyl (C=O) groups excluding carboxylic acids is 1. The smallest absolute Gasteiger partial charge is 0.228 e. The van der Waals surface area contributed by atoms with Gasteiger partial charge in [0, 0.05) is 17.5 Å². The summed E-state index contributed by atoms with van der Waals surface area (Å²) in [6.07, 6.45) is 3.63. The monoisotopic (exact) mass is 397 g/mol. The largest absolute Gasteiger partial charge is 0.324 e. The van der Waals surface area contributed by atoms with Crippen molar-refractivity contribution in [1.82, 2.24) is 9.97 Å². The van der Waals surface area contributed by atoms with Crippen molar-refractivity contribution < 1.29 is 9.18 Å². The zero-order valence-corrected chi connectivity index (χ0v) is 16.5. The zero-order chi connectivity index (χ0) is 20.9. The van der Waals surface area contributed by atoms with Crippen LogP contribution >= 0.6 is 0 Å². The van der Waals surface area contributed by atoms with Crippen molar-refractivity contribution >= 4 is 11.6 Å². The summed E-state index contributed by atoms with van der Waals surface area (Å²) in [7, 11) is 0. The molecule has 0 fully saturated rings. The SMILES string of the molecule is Cc1cc(-c2ccc(CC(=O)Nc3ccc(-c4cccc(F)c4)nc3)cc2)ccn1. The molecule has 4 aromatic rings. The second-order valence-corrected chi connectivity index (χ2v) is 7.05. The highest BCUT2D eigenvalue weighted by Gasteiger charge is 2.07. The van der Waals surface area contributed by atoms with Gasteiger partial charge in [-0.1, -0.05) is 36.4 Å². The van der Waals surface area contributed by atoms with Gasteiger partial charge in [0.2, 0.25) is 5.91 Å². The Morgan fingerprint density at radius 1 is 0.900 bits per heavy atom. The Morgan fingerprint density at radius 3 is 2.43 bits per heavy atom. The number of aryl methyl sites for hydroxylation is 1. The van der Waals surface area contributed by atoms with Gasteiger partial charge in [-0.25, -0.2) is 4.39 Å². The summed E-state index contributed by atoms with van der Waals surface area (Å²) in [4.78, 5) is 20.9. The van der Waals surface area contributed by atoms with Crippen molar-refractivity contribution in [1.29, 1.82) is 0 Å². The normalized spacial score (nSPS) is 10.6. The Hall–Kier alpha value is -3.86. The van der Waals surface area contributed by atoms with Crippen molar-refractivity contribution in [3.63, 3.8) is 0 Å². The van der Waals surface area contributed by atoms with Crippen LogP contribution < -0.4 is 5.32 Å². The molecule has 148 valence electrons. The first-order valence-electron chi connectivity index (χ1n) is 9.61. The number of nitrogens with one attached hydrogen (secondary N) is 1. The summed E-state index contributed by atoms with van der Waals surface area (Å²) < 4.78 is 13.4. The number of rotatable bonds is 5. The molecular formula is C25H20FN3O. The van der Waals surface area contributed by atoms with E-state index < -0.39 is 0 Å². The van der Waals surface area contributed by atoms with E-state index in [2.05, 4.69) is 15.3 Å². The number of hydrogen-bond donors (Lipinski definition) is 1. The molecule has 0 aliphatic heterocycles. The molecule has 30 heavy (non-hydrogen) atoms. The quantitative estimate of drug-likeness (QED) is 0.488. The molecule has 0 bridgehead atoms. The molecule has 0 spiro atoms. The van der Waals surface area contributed by atoms with Crippen LogP contribution in [-0.4, -0.2) is 15.9 Å². The number of carbonyl (C=O) groups is 1. The van der Waals surface area contributed by atoms with Gasteiger partial charge in [-0.2, -0.15) is 0 Å². The van der Waals surface area contributed by atoms with Crippen molar-refractivity contribution in [2.75, 3.05) is 5.32 Å². The first-order valence-corrected chi connectivity index (χ1v) is 9.61. The maximum Gasteiger partial charge on any atom is 0.228 e. The molecule has 0 unspecified atom stereocenters. The highest BCUT2D eigenvalue weighted by Crippen LogP contribution is 2.21. The van der Waals surface area contributed by atoms with Crippen LogP contribution in [0.5, 0.6) is 0 Å². The first-order chi connectivity index (χ1) is 14.6. The summed E-state index contributed by atoms with van der Waals surface area (Å²) in [5.74, 6) is -0.431. The van der Waals surface area contributed by atoms with E-state index in [1.807, 2.05) is 43.3 Å². The van der Waals surface area contributed by atoms with Crippen molar-refractivity contribution in [3.05, 3.63) is 102 Å². The van der Waals surface area contributed by atoms with Crippen LogP contribution in [-0.2, 0) is 11.2 Å². The maximum absolute atomic E-state index is 13.4. The van der Waals surface area contributed by atoms with Crippen LogP contribution in [0.25, 0.3) is 22.4 Å². The molecule has 4 rings (SSSR count). The molecule has 0 aliphatic carbocycles. The average molecular weight is 397 g/mol. The fourth-order valence-electron chi connectivity index (χ4n) is 3.22. The zero-order valence-electron chi connectivity index (χ0n) is 16.5. The van der Waals surface area contributed by atoms with Gasteiger partial charge in [0.15, 0.2) is 0 Å². The van der Waals surface area contributed by atoms with Gasteiger partial charge >= 0.3 is 0 Å². The molecule has 0 aliphatic rings. The molecule has 1 amide bonds. The third-order valence-corrected chi connectivity index (χ3v) is 4.72. The number of halogens is 1. The Labute approximate surface area is 174 Å². The lowest BCUT2D eigenvalue weighted by Crippen LogP contribution is -2.14. The van der Waals surface area contributed by atoms with E-state index in [0.29, 0.717) is 16.9 Å². The second kappa shape index (κ2) is 8.66. The number of pyridine rings is 2. The number of nitrogens with zero attached hydrogens (tertiary/aromatic N) is 2. The van der Waals surface area contributed by atoms with E-state index in [9.17, 15) is 9.18 Å². The lowest BCUT2D eigenvalue weighted by atomic mass is 10.0. The average Bonchev–Trinajstić information content (AvgIpc) is 2.75. The van der Waals surface area contributed by atoms with E-state index in [0.717, 1.165) is 22.4 Å². The van der Waals surface area contributed by atoms with Crippen LogP contribution in [0.1, 0.15) is 11.3 Å². The minimum atomic E-state index is -0.309. The molecule has 0 saturated heterocycles. The molecule has 2 heterocycles. The Balaban J connectivity index is 1.38. The predicted molar refractivity (Wildman–Crippen MR) is 116 cm³/mol. The lowest BCUT2D eigenvalue weighted by molar-refractivity contribution is -0.115. The van der Waals surface area contributed by atoms with Gasteiger partial charge in [0.05, 0.1) is 24.0 Å². The third kappa shape index (κ3) is 4.75. The fourth-order valence-corrected chi connectivity index (χ4v) is 3.22. The third-order valence-electron chi connectivity index (χ3n) is 4.72. The predicted octanol–water partition coefficient (Wildman–Crippen LogP) is 5.44. The molecule has 5 heteroatoms. The maximum atomic E-state index is 13.4. The van der Waals surface area contributed by atoms with Gasteiger partial charge in [-0.3, -0.25) is 14.8 Å². The highest BCUT2D eigenvalue weighted by atomic mass is 19.1. The van der Waals surface area contributed by atoms with Gasteiger partial charge < -0.3 is 5.32 Å². The molecule has 2 aromatic heterocycles. The summed E-state index contributed by atoms with van der Waals surface area (Å²) in [5.41, 5.74) is 6.01. The lowest BCUT2D eigenvalue weighted by Gasteiger charge is -2.08. The molecule has 2 aromatic carbocycles. The summed E-state index contributed by atoms with van der Waals surface area (Å²) in [6, 6.07) is 21.7. The van der Waals surface area contributed by atoms with Crippen LogP contribution in [0.3, 0.4) is 0 Å². The second-order valence-electron chi connectivity index (χ2n) is 7.05. The van der Waals surface area contributed by atoms with Crippen LogP contribution in [0.15, 0.2) is 85.2 Å². The standard InChI is InChI=1S/C25H20FN3O/c1-17-13-20(11-12-27-17)19-7-5-18(6-8-19)14-25(30)29-23-9-10-24(28-16-23)21-3-2-4-22(26)15-21/h2-13,15-16H,14H2,1H3,(H,29,30). The van der Waals surface area contributed by atoms with E-state index in [-0.39, 0.29) is 18.1 Å². The number of anilines is 1. The van der Waals surface area contributed by atoms with E-state index in [1.165, 1.54) is 12.1 Å². The van der Waals surface area contributed by atoms with E-state index >= 15 is 0 Å². The van der Waals surface area contributed by atoms with Crippen molar-refractivity contribution in [2.24, 2.45) is 0 Å². The summed E-state index contributed by atoms with van der Waals surface area (Å²) >= 11 is 0.